The summed E-state index contributed by atoms with van der Waals surface area (Å²) in [5, 5.41) is 0.374. The van der Waals surface area contributed by atoms with E-state index in [9.17, 15) is 13.6 Å². The Hall–Kier alpha value is -3.29. The number of hydrogen-bond donors (Lipinski definition) is 0. The lowest BCUT2D eigenvalue weighted by Gasteiger charge is -2.40. The molecular formula is C26H23ClF2N4O. The van der Waals surface area contributed by atoms with Crippen molar-refractivity contribution in [2.24, 2.45) is 7.05 Å². The van der Waals surface area contributed by atoms with Gasteiger partial charge in [-0.1, -0.05) is 35.9 Å². The zero-order valence-electron chi connectivity index (χ0n) is 18.6. The second-order valence-electron chi connectivity index (χ2n) is 8.46. The highest BCUT2D eigenvalue weighted by atomic mass is 35.5. The van der Waals surface area contributed by atoms with Gasteiger partial charge in [-0.25, -0.2) is 13.8 Å². The lowest BCUT2D eigenvalue weighted by Crippen LogP contribution is -2.48. The molecule has 5 rings (SSSR count). The SMILES string of the molecule is Cn1c(=O)cc(N2CCN(C(c3ccc(F)cc3)c3ccc(F)cc3)CC2)c2nc(Cl)ccc21. The third kappa shape index (κ3) is 4.29. The van der Waals surface area contributed by atoms with E-state index in [0.717, 1.165) is 22.3 Å². The van der Waals surface area contributed by atoms with Gasteiger partial charge in [0.15, 0.2) is 0 Å². The first-order valence-electron chi connectivity index (χ1n) is 11.1. The van der Waals surface area contributed by atoms with Gasteiger partial charge in [0, 0.05) is 39.3 Å². The predicted octanol–water partition coefficient (Wildman–Crippen LogP) is 4.78. The summed E-state index contributed by atoms with van der Waals surface area (Å²) in [6, 6.07) is 17.8. The van der Waals surface area contributed by atoms with Crippen molar-refractivity contribution in [3.8, 4) is 0 Å². The minimum atomic E-state index is -0.296. The standard InChI is InChI=1S/C26H23ClF2N4O/c1-31-21-10-11-23(27)30-25(21)22(16-24(31)34)32-12-14-33(15-13-32)26(17-2-6-19(28)7-3-17)18-4-8-20(29)9-5-18/h2-11,16,26H,12-15H2,1H3. The van der Waals surface area contributed by atoms with Gasteiger partial charge in [-0.3, -0.25) is 9.69 Å². The third-order valence-corrected chi connectivity index (χ3v) is 6.64. The minimum absolute atomic E-state index is 0.107. The van der Waals surface area contributed by atoms with Crippen molar-refractivity contribution in [2.45, 2.75) is 6.04 Å². The van der Waals surface area contributed by atoms with E-state index in [1.165, 1.54) is 24.3 Å². The molecule has 0 aliphatic carbocycles. The van der Waals surface area contributed by atoms with E-state index in [1.807, 2.05) is 6.07 Å². The summed E-state index contributed by atoms with van der Waals surface area (Å²) in [6.45, 7) is 2.71. The smallest absolute Gasteiger partial charge is 0.252 e. The molecule has 0 amide bonds. The number of rotatable bonds is 4. The van der Waals surface area contributed by atoms with Crippen LogP contribution in [0.25, 0.3) is 11.0 Å². The van der Waals surface area contributed by atoms with Crippen LogP contribution in [0.2, 0.25) is 5.15 Å². The largest absolute Gasteiger partial charge is 0.367 e. The molecule has 0 unspecified atom stereocenters. The van der Waals surface area contributed by atoms with Gasteiger partial charge in [-0.2, -0.15) is 0 Å². The summed E-state index contributed by atoms with van der Waals surface area (Å²) in [5.41, 5.74) is 3.95. The average molecular weight is 481 g/mol. The molecular weight excluding hydrogens is 458 g/mol. The summed E-state index contributed by atoms with van der Waals surface area (Å²) >= 11 is 6.17. The normalized spacial score (nSPS) is 14.8. The number of anilines is 1. The number of aromatic nitrogens is 2. The van der Waals surface area contributed by atoms with Gasteiger partial charge in [0.2, 0.25) is 0 Å². The van der Waals surface area contributed by atoms with Gasteiger partial charge in [0.1, 0.15) is 22.3 Å². The van der Waals surface area contributed by atoms with Gasteiger partial charge in [-0.15, -0.1) is 0 Å². The average Bonchev–Trinajstić information content (AvgIpc) is 2.84. The Bertz CT molecular complexity index is 1340. The molecule has 0 N–H and O–H groups in total. The Morgan fingerprint density at radius 1 is 0.853 bits per heavy atom. The molecule has 1 aliphatic rings. The van der Waals surface area contributed by atoms with Crippen LogP contribution in [0.3, 0.4) is 0 Å². The fourth-order valence-electron chi connectivity index (χ4n) is 4.65. The van der Waals surface area contributed by atoms with Crippen molar-refractivity contribution in [3.05, 3.63) is 105 Å². The Kier molecular flexibility index (Phi) is 6.06. The number of aryl methyl sites for hydroxylation is 1. The number of halogens is 3. The molecule has 8 heteroatoms. The van der Waals surface area contributed by atoms with Crippen LogP contribution in [0.4, 0.5) is 14.5 Å². The molecule has 1 aliphatic heterocycles. The summed E-state index contributed by atoms with van der Waals surface area (Å²) in [7, 11) is 1.72. The number of piperazine rings is 1. The molecule has 1 saturated heterocycles. The fraction of sp³-hybridized carbons (Fsp3) is 0.231. The lowest BCUT2D eigenvalue weighted by molar-refractivity contribution is 0.212. The molecule has 0 bridgehead atoms. The zero-order valence-corrected chi connectivity index (χ0v) is 19.3. The number of benzene rings is 2. The second kappa shape index (κ2) is 9.16. The first kappa shape index (κ1) is 22.5. The molecule has 0 radical (unpaired) electrons. The Balaban J connectivity index is 1.46. The summed E-state index contributed by atoms with van der Waals surface area (Å²) in [5.74, 6) is -0.592. The first-order valence-corrected chi connectivity index (χ1v) is 11.4. The Labute approximate surface area is 200 Å². The quantitative estimate of drug-likeness (QED) is 0.394. The van der Waals surface area contributed by atoms with E-state index in [0.29, 0.717) is 36.8 Å². The molecule has 34 heavy (non-hydrogen) atoms. The van der Waals surface area contributed by atoms with E-state index in [-0.39, 0.29) is 23.2 Å². The molecule has 3 heterocycles. The van der Waals surface area contributed by atoms with Crippen LogP contribution in [0, 0.1) is 11.6 Å². The molecule has 5 nitrogen and oxygen atoms in total. The van der Waals surface area contributed by atoms with E-state index < -0.39 is 0 Å². The Morgan fingerprint density at radius 2 is 1.41 bits per heavy atom. The van der Waals surface area contributed by atoms with Crippen LogP contribution in [-0.2, 0) is 7.05 Å². The first-order chi connectivity index (χ1) is 16.4. The van der Waals surface area contributed by atoms with Crippen LogP contribution >= 0.6 is 11.6 Å². The summed E-state index contributed by atoms with van der Waals surface area (Å²) in [6.07, 6.45) is 0. The molecule has 4 aromatic rings. The van der Waals surface area contributed by atoms with E-state index >= 15 is 0 Å². The highest BCUT2D eigenvalue weighted by Gasteiger charge is 2.28. The van der Waals surface area contributed by atoms with Crippen LogP contribution in [0.5, 0.6) is 0 Å². The summed E-state index contributed by atoms with van der Waals surface area (Å²) < 4.78 is 28.7. The van der Waals surface area contributed by atoms with Gasteiger partial charge in [0.05, 0.1) is 17.2 Å². The maximum atomic E-state index is 13.6. The van der Waals surface area contributed by atoms with Gasteiger partial charge in [0.25, 0.3) is 5.56 Å². The van der Waals surface area contributed by atoms with Crippen LogP contribution < -0.4 is 10.5 Å². The molecule has 0 saturated carbocycles. The highest BCUT2D eigenvalue weighted by molar-refractivity contribution is 6.29. The van der Waals surface area contributed by atoms with E-state index in [4.69, 9.17) is 11.6 Å². The maximum absolute atomic E-state index is 13.6. The topological polar surface area (TPSA) is 41.4 Å². The lowest BCUT2D eigenvalue weighted by atomic mass is 9.96. The zero-order chi connectivity index (χ0) is 23.8. The van der Waals surface area contributed by atoms with E-state index in [1.54, 1.807) is 48.0 Å². The minimum Gasteiger partial charge on any atom is -0.367 e. The fourth-order valence-corrected chi connectivity index (χ4v) is 4.80. The molecule has 2 aromatic heterocycles. The van der Waals surface area contributed by atoms with Crippen LogP contribution in [-0.4, -0.2) is 40.6 Å². The Morgan fingerprint density at radius 3 is 1.97 bits per heavy atom. The molecule has 0 spiro atoms. The number of nitrogens with zero attached hydrogens (tertiary/aromatic N) is 4. The van der Waals surface area contributed by atoms with Crippen LogP contribution in [0.15, 0.2) is 71.5 Å². The van der Waals surface area contributed by atoms with Gasteiger partial charge >= 0.3 is 0 Å². The maximum Gasteiger partial charge on any atom is 0.252 e. The highest BCUT2D eigenvalue weighted by Crippen LogP contribution is 2.32. The van der Waals surface area contributed by atoms with Crippen molar-refractivity contribution in [3.63, 3.8) is 0 Å². The van der Waals surface area contributed by atoms with Crippen LogP contribution in [0.1, 0.15) is 17.2 Å². The predicted molar refractivity (Wildman–Crippen MR) is 130 cm³/mol. The molecule has 2 aromatic carbocycles. The molecule has 0 atom stereocenters. The van der Waals surface area contributed by atoms with Crippen molar-refractivity contribution in [2.75, 3.05) is 31.1 Å². The van der Waals surface area contributed by atoms with Crippen molar-refractivity contribution >= 4 is 28.3 Å². The van der Waals surface area contributed by atoms with Crippen molar-refractivity contribution in [1.29, 1.82) is 0 Å². The monoisotopic (exact) mass is 480 g/mol. The van der Waals surface area contributed by atoms with Crippen molar-refractivity contribution in [1.82, 2.24) is 14.5 Å². The summed E-state index contributed by atoms with van der Waals surface area (Å²) in [4.78, 5) is 21.5. The van der Waals surface area contributed by atoms with Gasteiger partial charge in [-0.05, 0) is 47.5 Å². The molecule has 1 fully saturated rings. The third-order valence-electron chi connectivity index (χ3n) is 6.43. The number of fused-ring (bicyclic) bond motifs is 1. The number of hydrogen-bond acceptors (Lipinski definition) is 4. The van der Waals surface area contributed by atoms with E-state index in [2.05, 4.69) is 14.8 Å². The van der Waals surface area contributed by atoms with Gasteiger partial charge < -0.3 is 9.47 Å². The molecule has 174 valence electrons. The number of pyridine rings is 2. The second-order valence-corrected chi connectivity index (χ2v) is 8.84. The van der Waals surface area contributed by atoms with Crippen molar-refractivity contribution < 1.29 is 8.78 Å².